The van der Waals surface area contributed by atoms with Crippen LogP contribution in [0.1, 0.15) is 57.1 Å². The number of aromatic nitrogens is 2. The molecule has 26 heavy (non-hydrogen) atoms. The Balaban J connectivity index is 1.24. The van der Waals surface area contributed by atoms with Crippen LogP contribution in [0.4, 0.5) is 4.79 Å². The lowest BCUT2D eigenvalue weighted by Crippen LogP contribution is -2.51. The summed E-state index contributed by atoms with van der Waals surface area (Å²) in [4.78, 5) is 17.1. The number of amides is 2. The van der Waals surface area contributed by atoms with E-state index >= 15 is 0 Å². The van der Waals surface area contributed by atoms with Crippen LogP contribution in [0, 0.1) is 0 Å². The van der Waals surface area contributed by atoms with Crippen molar-refractivity contribution in [1.82, 2.24) is 25.3 Å². The highest BCUT2D eigenvalue weighted by molar-refractivity contribution is 5.74. The van der Waals surface area contributed by atoms with Crippen LogP contribution in [0.2, 0.25) is 0 Å². The number of likely N-dealkylation sites (tertiary alicyclic amines) is 2. The fraction of sp³-hybridized carbons (Fsp3) is 0.789. The number of H-pyrrole nitrogens is 1. The third kappa shape index (κ3) is 3.74. The molecule has 7 heteroatoms. The van der Waals surface area contributed by atoms with Gasteiger partial charge in [0.25, 0.3) is 0 Å². The van der Waals surface area contributed by atoms with Gasteiger partial charge < -0.3 is 15.3 Å². The minimum absolute atomic E-state index is 0.0205. The van der Waals surface area contributed by atoms with E-state index in [1.807, 2.05) is 11.0 Å². The Hall–Kier alpha value is -1.60. The molecular weight excluding hydrogens is 330 g/mol. The predicted octanol–water partition coefficient (Wildman–Crippen LogP) is 1.81. The molecule has 144 valence electrons. The van der Waals surface area contributed by atoms with Crippen molar-refractivity contribution >= 4 is 6.03 Å². The summed E-state index contributed by atoms with van der Waals surface area (Å²) in [6.45, 7) is 3.23. The lowest BCUT2D eigenvalue weighted by atomic mass is 9.88. The number of rotatable bonds is 3. The number of piperidine rings is 1. The van der Waals surface area contributed by atoms with Gasteiger partial charge in [0.15, 0.2) is 0 Å². The molecule has 2 aliphatic heterocycles. The lowest BCUT2D eigenvalue weighted by molar-refractivity contribution is -0.0205. The van der Waals surface area contributed by atoms with Crippen LogP contribution in [-0.4, -0.2) is 69.4 Å². The van der Waals surface area contributed by atoms with Gasteiger partial charge in [-0.2, -0.15) is 5.10 Å². The number of aromatic amines is 1. The normalized spacial score (nSPS) is 27.6. The largest absolute Gasteiger partial charge is 0.383 e. The van der Waals surface area contributed by atoms with Crippen LogP contribution in [0.5, 0.6) is 0 Å². The first-order valence-electron chi connectivity index (χ1n) is 10.2. The summed E-state index contributed by atoms with van der Waals surface area (Å²) in [5.74, 6) is 0. The smallest absolute Gasteiger partial charge is 0.317 e. The Labute approximate surface area is 155 Å². The number of hydrogen-bond acceptors (Lipinski definition) is 4. The quantitative estimate of drug-likeness (QED) is 0.767. The molecule has 1 aromatic heterocycles. The molecule has 0 radical (unpaired) electrons. The Morgan fingerprint density at radius 2 is 1.96 bits per heavy atom. The van der Waals surface area contributed by atoms with E-state index in [1.165, 1.54) is 32.1 Å². The summed E-state index contributed by atoms with van der Waals surface area (Å²) in [7, 11) is 0. The van der Waals surface area contributed by atoms with Gasteiger partial charge in [0.05, 0.1) is 5.69 Å². The Morgan fingerprint density at radius 1 is 1.19 bits per heavy atom. The average Bonchev–Trinajstić information content (AvgIpc) is 3.35. The summed E-state index contributed by atoms with van der Waals surface area (Å²) in [5.41, 5.74) is -0.144. The monoisotopic (exact) mass is 361 g/mol. The van der Waals surface area contributed by atoms with E-state index in [2.05, 4.69) is 20.4 Å². The van der Waals surface area contributed by atoms with Crippen molar-refractivity contribution in [2.24, 2.45) is 0 Å². The maximum Gasteiger partial charge on any atom is 0.317 e. The number of nitrogens with zero attached hydrogens (tertiary/aromatic N) is 3. The number of carbonyl (C=O) groups is 1. The Kier molecular flexibility index (Phi) is 5.18. The first kappa shape index (κ1) is 17.8. The van der Waals surface area contributed by atoms with Gasteiger partial charge in [-0.15, -0.1) is 0 Å². The van der Waals surface area contributed by atoms with Crippen LogP contribution in [-0.2, 0) is 5.60 Å². The highest BCUT2D eigenvalue weighted by Crippen LogP contribution is 2.31. The van der Waals surface area contributed by atoms with Gasteiger partial charge in [0, 0.05) is 44.5 Å². The number of nitrogens with one attached hydrogen (secondary N) is 2. The van der Waals surface area contributed by atoms with Gasteiger partial charge in [0.1, 0.15) is 5.60 Å². The molecule has 0 spiro atoms. The van der Waals surface area contributed by atoms with Crippen LogP contribution < -0.4 is 5.32 Å². The van der Waals surface area contributed by atoms with Crippen molar-refractivity contribution in [1.29, 1.82) is 0 Å². The third-order valence-corrected chi connectivity index (χ3v) is 6.52. The predicted molar refractivity (Wildman–Crippen MR) is 98.7 cm³/mol. The van der Waals surface area contributed by atoms with Gasteiger partial charge in [-0.25, -0.2) is 4.79 Å². The first-order valence-corrected chi connectivity index (χ1v) is 10.2. The van der Waals surface area contributed by atoms with Gasteiger partial charge in [-0.05, 0) is 38.2 Å². The maximum atomic E-state index is 12.6. The van der Waals surface area contributed by atoms with Gasteiger partial charge in [-0.3, -0.25) is 10.00 Å². The average molecular weight is 361 g/mol. The van der Waals surface area contributed by atoms with Gasteiger partial charge in [-0.1, -0.05) is 19.3 Å². The molecule has 2 saturated heterocycles. The molecule has 1 aromatic rings. The molecule has 1 aliphatic carbocycles. The zero-order valence-electron chi connectivity index (χ0n) is 15.5. The second-order valence-electron chi connectivity index (χ2n) is 8.21. The van der Waals surface area contributed by atoms with Crippen LogP contribution in [0.15, 0.2) is 12.3 Å². The van der Waals surface area contributed by atoms with Gasteiger partial charge >= 0.3 is 6.03 Å². The molecule has 3 heterocycles. The van der Waals surface area contributed by atoms with Crippen molar-refractivity contribution in [3.05, 3.63) is 18.0 Å². The molecule has 1 unspecified atom stereocenters. The number of aliphatic hydroxyl groups is 1. The van der Waals surface area contributed by atoms with E-state index < -0.39 is 5.60 Å². The number of hydrogen-bond donors (Lipinski definition) is 3. The highest BCUT2D eigenvalue weighted by Gasteiger charge is 2.37. The summed E-state index contributed by atoms with van der Waals surface area (Å²) in [5, 5.41) is 20.8. The molecule has 1 saturated carbocycles. The fourth-order valence-electron chi connectivity index (χ4n) is 4.81. The standard InChI is InChI=1S/C19H31N5O2/c25-18(21-15-7-11-24(14-15)16-4-2-1-3-5-16)23-12-8-19(26,9-13-23)17-6-10-20-22-17/h6,10,15-16,26H,1-5,7-9,11-14H2,(H,20,22)(H,21,25). The Morgan fingerprint density at radius 3 is 2.65 bits per heavy atom. The van der Waals surface area contributed by atoms with E-state index in [4.69, 9.17) is 0 Å². The van der Waals surface area contributed by atoms with E-state index in [0.29, 0.717) is 25.9 Å². The minimum Gasteiger partial charge on any atom is -0.383 e. The van der Waals surface area contributed by atoms with E-state index in [-0.39, 0.29) is 12.1 Å². The van der Waals surface area contributed by atoms with Crippen LogP contribution >= 0.6 is 0 Å². The van der Waals surface area contributed by atoms with Crippen molar-refractivity contribution in [3.8, 4) is 0 Å². The molecule has 0 aromatic carbocycles. The molecule has 3 aliphatic rings. The second-order valence-corrected chi connectivity index (χ2v) is 8.21. The summed E-state index contributed by atoms with van der Waals surface area (Å²) in [6.07, 6.45) is 10.5. The number of urea groups is 1. The SMILES string of the molecule is O=C(NC1CCN(C2CCCCC2)C1)N1CCC(O)(c2ccn[nH]2)CC1. The second kappa shape index (κ2) is 7.56. The van der Waals surface area contributed by atoms with E-state index in [1.54, 1.807) is 6.20 Å². The van der Waals surface area contributed by atoms with Crippen molar-refractivity contribution in [2.75, 3.05) is 26.2 Å². The van der Waals surface area contributed by atoms with Crippen LogP contribution in [0.25, 0.3) is 0 Å². The summed E-state index contributed by atoms with van der Waals surface area (Å²) >= 11 is 0. The molecule has 0 bridgehead atoms. The molecular formula is C19H31N5O2. The zero-order chi connectivity index (χ0) is 18.0. The molecule has 2 amide bonds. The van der Waals surface area contributed by atoms with Gasteiger partial charge in [0.2, 0.25) is 0 Å². The molecule has 7 nitrogen and oxygen atoms in total. The summed E-state index contributed by atoms with van der Waals surface area (Å²) in [6, 6.07) is 2.82. The van der Waals surface area contributed by atoms with E-state index in [0.717, 1.165) is 31.2 Å². The first-order chi connectivity index (χ1) is 12.6. The summed E-state index contributed by atoms with van der Waals surface area (Å²) < 4.78 is 0. The number of carbonyl (C=O) groups excluding carboxylic acids is 1. The fourth-order valence-corrected chi connectivity index (χ4v) is 4.81. The topological polar surface area (TPSA) is 84.5 Å². The molecule has 4 rings (SSSR count). The molecule has 3 N–H and O–H groups in total. The Bertz CT molecular complexity index is 591. The van der Waals surface area contributed by atoms with Crippen molar-refractivity contribution in [2.45, 2.75) is 69.1 Å². The zero-order valence-corrected chi connectivity index (χ0v) is 15.5. The highest BCUT2D eigenvalue weighted by atomic mass is 16.3. The maximum absolute atomic E-state index is 12.6. The molecule has 1 atom stereocenters. The minimum atomic E-state index is -0.890. The van der Waals surface area contributed by atoms with Crippen molar-refractivity contribution < 1.29 is 9.90 Å². The molecule has 3 fully saturated rings. The third-order valence-electron chi connectivity index (χ3n) is 6.52. The van der Waals surface area contributed by atoms with Crippen molar-refractivity contribution in [3.63, 3.8) is 0 Å². The lowest BCUT2D eigenvalue weighted by Gasteiger charge is -2.37. The van der Waals surface area contributed by atoms with Crippen LogP contribution in [0.3, 0.4) is 0 Å². The van der Waals surface area contributed by atoms with E-state index in [9.17, 15) is 9.90 Å².